The molecule has 1 unspecified atom stereocenters. The van der Waals surface area contributed by atoms with Gasteiger partial charge in [0.2, 0.25) is 0 Å². The number of hydrogen-bond acceptors (Lipinski definition) is 3. The molecule has 0 radical (unpaired) electrons. The van der Waals surface area contributed by atoms with Crippen molar-refractivity contribution in [2.24, 2.45) is 0 Å². The summed E-state index contributed by atoms with van der Waals surface area (Å²) in [7, 11) is 1.29. The third-order valence-electron chi connectivity index (χ3n) is 2.17. The third kappa shape index (κ3) is 4.12. The van der Waals surface area contributed by atoms with Crippen LogP contribution in [0.5, 0.6) is 0 Å². The van der Waals surface area contributed by atoms with Crippen LogP contribution >= 0.6 is 12.6 Å². The SMILES string of the molecule is CN(O)C(=O)NC(CS)Cc1ccccc1. The van der Waals surface area contributed by atoms with Crippen molar-refractivity contribution in [3.63, 3.8) is 0 Å². The molecule has 0 saturated carbocycles. The molecule has 1 atom stereocenters. The van der Waals surface area contributed by atoms with E-state index in [0.717, 1.165) is 5.56 Å². The van der Waals surface area contributed by atoms with E-state index in [1.165, 1.54) is 7.05 Å². The highest BCUT2D eigenvalue weighted by molar-refractivity contribution is 7.80. The Morgan fingerprint density at radius 3 is 2.62 bits per heavy atom. The second-order valence-corrected chi connectivity index (χ2v) is 3.91. The highest BCUT2D eigenvalue weighted by Crippen LogP contribution is 2.04. The largest absolute Gasteiger partial charge is 0.341 e. The Morgan fingerprint density at radius 1 is 1.50 bits per heavy atom. The second-order valence-electron chi connectivity index (χ2n) is 3.54. The number of thiol groups is 1. The maximum atomic E-state index is 11.2. The van der Waals surface area contributed by atoms with Crippen molar-refractivity contribution in [3.8, 4) is 0 Å². The predicted octanol–water partition coefficient (Wildman–Crippen LogP) is 1.56. The first-order valence-electron chi connectivity index (χ1n) is 5.01. The van der Waals surface area contributed by atoms with Crippen molar-refractivity contribution in [1.82, 2.24) is 10.4 Å². The number of carbonyl (C=O) groups excluding carboxylic acids is 1. The molecular weight excluding hydrogens is 224 g/mol. The maximum absolute atomic E-state index is 11.2. The van der Waals surface area contributed by atoms with Crippen LogP contribution in [0, 0.1) is 0 Å². The number of benzene rings is 1. The first-order valence-corrected chi connectivity index (χ1v) is 5.64. The number of nitrogens with zero attached hydrogens (tertiary/aromatic N) is 1. The summed E-state index contributed by atoms with van der Waals surface area (Å²) in [6.45, 7) is 0. The molecule has 4 nitrogen and oxygen atoms in total. The van der Waals surface area contributed by atoms with Crippen molar-refractivity contribution >= 4 is 18.7 Å². The molecule has 0 saturated heterocycles. The van der Waals surface area contributed by atoms with Gasteiger partial charge in [-0.2, -0.15) is 12.6 Å². The Hall–Kier alpha value is -1.20. The lowest BCUT2D eigenvalue weighted by atomic mass is 10.1. The van der Waals surface area contributed by atoms with E-state index >= 15 is 0 Å². The van der Waals surface area contributed by atoms with E-state index in [0.29, 0.717) is 17.2 Å². The lowest BCUT2D eigenvalue weighted by Crippen LogP contribution is -2.43. The summed E-state index contributed by atoms with van der Waals surface area (Å²) in [5, 5.41) is 12.1. The van der Waals surface area contributed by atoms with Gasteiger partial charge >= 0.3 is 6.03 Å². The summed E-state index contributed by atoms with van der Waals surface area (Å²) < 4.78 is 0. The van der Waals surface area contributed by atoms with Crippen LogP contribution in [0.1, 0.15) is 5.56 Å². The predicted molar refractivity (Wildman–Crippen MR) is 65.9 cm³/mol. The topological polar surface area (TPSA) is 52.6 Å². The van der Waals surface area contributed by atoms with Gasteiger partial charge in [-0.3, -0.25) is 5.21 Å². The zero-order valence-electron chi connectivity index (χ0n) is 9.13. The zero-order chi connectivity index (χ0) is 12.0. The minimum atomic E-state index is -0.519. The van der Waals surface area contributed by atoms with Gasteiger partial charge in [-0.05, 0) is 12.0 Å². The molecule has 1 rings (SSSR count). The number of hydroxylamine groups is 2. The fraction of sp³-hybridized carbons (Fsp3) is 0.364. The van der Waals surface area contributed by atoms with Gasteiger partial charge in [0.25, 0.3) is 0 Å². The van der Waals surface area contributed by atoms with E-state index in [9.17, 15) is 4.79 Å². The van der Waals surface area contributed by atoms with E-state index in [1.807, 2.05) is 30.3 Å². The van der Waals surface area contributed by atoms with Crippen molar-refractivity contribution < 1.29 is 10.0 Å². The van der Waals surface area contributed by atoms with Gasteiger partial charge in [-0.1, -0.05) is 30.3 Å². The summed E-state index contributed by atoms with van der Waals surface area (Å²) in [5.41, 5.74) is 1.13. The molecule has 0 bridgehead atoms. The minimum Gasteiger partial charge on any atom is -0.332 e. The maximum Gasteiger partial charge on any atom is 0.341 e. The molecule has 0 aliphatic heterocycles. The lowest BCUT2D eigenvalue weighted by molar-refractivity contribution is -0.0191. The van der Waals surface area contributed by atoms with Crippen molar-refractivity contribution in [2.45, 2.75) is 12.5 Å². The van der Waals surface area contributed by atoms with Gasteiger partial charge in [0, 0.05) is 18.8 Å². The molecule has 0 aliphatic carbocycles. The van der Waals surface area contributed by atoms with Gasteiger partial charge in [0.05, 0.1) is 0 Å². The summed E-state index contributed by atoms with van der Waals surface area (Å²) >= 11 is 4.17. The first kappa shape index (κ1) is 12.9. The average Bonchev–Trinajstić information content (AvgIpc) is 2.29. The Labute approximate surface area is 101 Å². The van der Waals surface area contributed by atoms with E-state index in [-0.39, 0.29) is 6.04 Å². The van der Waals surface area contributed by atoms with Crippen LogP contribution < -0.4 is 5.32 Å². The molecule has 0 fully saturated rings. The second kappa shape index (κ2) is 6.40. The molecule has 16 heavy (non-hydrogen) atoms. The average molecular weight is 240 g/mol. The molecule has 0 aliphatic rings. The van der Waals surface area contributed by atoms with E-state index in [2.05, 4.69) is 17.9 Å². The van der Waals surface area contributed by atoms with Crippen molar-refractivity contribution in [3.05, 3.63) is 35.9 Å². The van der Waals surface area contributed by atoms with Gasteiger partial charge < -0.3 is 5.32 Å². The molecular formula is C11H16N2O2S. The monoisotopic (exact) mass is 240 g/mol. The highest BCUT2D eigenvalue weighted by Gasteiger charge is 2.13. The fourth-order valence-corrected chi connectivity index (χ4v) is 1.55. The minimum absolute atomic E-state index is 0.0900. The molecule has 0 spiro atoms. The van der Waals surface area contributed by atoms with Crippen LogP contribution in [-0.4, -0.2) is 35.1 Å². The van der Waals surface area contributed by atoms with E-state index in [1.54, 1.807) is 0 Å². The number of rotatable bonds is 4. The number of nitrogens with one attached hydrogen (secondary N) is 1. The van der Waals surface area contributed by atoms with E-state index in [4.69, 9.17) is 5.21 Å². The van der Waals surface area contributed by atoms with Gasteiger partial charge in [-0.15, -0.1) is 0 Å². The summed E-state index contributed by atoms with van der Waals surface area (Å²) in [6.07, 6.45) is 0.698. The molecule has 2 N–H and O–H groups in total. The standard InChI is InChI=1S/C11H16N2O2S/c1-13(15)11(14)12-10(8-16)7-9-5-3-2-4-6-9/h2-6,10,15-16H,7-8H2,1H3,(H,12,14). The van der Waals surface area contributed by atoms with E-state index < -0.39 is 6.03 Å². The number of urea groups is 1. The fourth-order valence-electron chi connectivity index (χ4n) is 1.33. The third-order valence-corrected chi connectivity index (χ3v) is 2.61. The summed E-state index contributed by atoms with van der Waals surface area (Å²) in [6, 6.07) is 9.22. The summed E-state index contributed by atoms with van der Waals surface area (Å²) in [4.78, 5) is 11.2. The normalized spacial score (nSPS) is 11.9. The van der Waals surface area contributed by atoms with Crippen LogP contribution in [0.2, 0.25) is 0 Å². The molecule has 88 valence electrons. The van der Waals surface area contributed by atoms with Gasteiger partial charge in [0.1, 0.15) is 0 Å². The van der Waals surface area contributed by atoms with Crippen molar-refractivity contribution in [1.29, 1.82) is 0 Å². The van der Waals surface area contributed by atoms with Crippen LogP contribution in [0.3, 0.4) is 0 Å². The number of carbonyl (C=O) groups is 1. The van der Waals surface area contributed by atoms with Crippen molar-refractivity contribution in [2.75, 3.05) is 12.8 Å². The zero-order valence-corrected chi connectivity index (χ0v) is 10.0. The molecule has 5 heteroatoms. The smallest absolute Gasteiger partial charge is 0.332 e. The Kier molecular flexibility index (Phi) is 5.14. The first-order chi connectivity index (χ1) is 7.63. The Bertz CT molecular complexity index is 330. The van der Waals surface area contributed by atoms with Gasteiger partial charge in [-0.25, -0.2) is 9.86 Å². The quantitative estimate of drug-likeness (QED) is 0.425. The highest BCUT2D eigenvalue weighted by atomic mass is 32.1. The molecule has 0 aromatic heterocycles. The molecule has 1 aromatic rings. The Morgan fingerprint density at radius 2 is 2.12 bits per heavy atom. The lowest BCUT2D eigenvalue weighted by Gasteiger charge is -2.18. The molecule has 0 heterocycles. The van der Waals surface area contributed by atoms with Crippen LogP contribution in [0.15, 0.2) is 30.3 Å². The Balaban J connectivity index is 2.53. The van der Waals surface area contributed by atoms with Crippen LogP contribution in [0.4, 0.5) is 4.79 Å². The number of amides is 2. The molecule has 1 aromatic carbocycles. The number of hydrogen-bond donors (Lipinski definition) is 3. The van der Waals surface area contributed by atoms with Crippen LogP contribution in [-0.2, 0) is 6.42 Å². The van der Waals surface area contributed by atoms with Crippen LogP contribution in [0.25, 0.3) is 0 Å². The molecule has 2 amide bonds. The summed E-state index contributed by atoms with van der Waals surface area (Å²) in [5.74, 6) is 0.522. The van der Waals surface area contributed by atoms with Gasteiger partial charge in [0.15, 0.2) is 0 Å².